The largest absolute Gasteiger partial charge is 0.492 e. The summed E-state index contributed by atoms with van der Waals surface area (Å²) in [5.74, 6) is 1.03. The number of rotatable bonds is 6. The van der Waals surface area contributed by atoms with Crippen LogP contribution < -0.4 is 20.1 Å². The summed E-state index contributed by atoms with van der Waals surface area (Å²) in [6.07, 6.45) is 4.12. The number of fused-ring (bicyclic) bond motifs is 1. The predicted octanol–water partition coefficient (Wildman–Crippen LogP) is 4.02. The molecule has 0 saturated carbocycles. The Morgan fingerprint density at radius 2 is 1.96 bits per heavy atom. The lowest BCUT2D eigenvalue weighted by Gasteiger charge is -2.12. The molecule has 1 unspecified atom stereocenters. The summed E-state index contributed by atoms with van der Waals surface area (Å²) < 4.78 is 11.5. The van der Waals surface area contributed by atoms with E-state index in [0.717, 1.165) is 23.3 Å². The van der Waals surface area contributed by atoms with E-state index in [-0.39, 0.29) is 17.9 Å². The number of benzene rings is 2. The van der Waals surface area contributed by atoms with Crippen LogP contribution in [0.15, 0.2) is 42.5 Å². The molecule has 0 fully saturated rings. The number of anilines is 2. The molecular formula is C22H24N2O4. The number of carbonyl (C=O) groups excluding carboxylic acids is 2. The van der Waals surface area contributed by atoms with Gasteiger partial charge in [-0.15, -0.1) is 0 Å². The highest BCUT2D eigenvalue weighted by molar-refractivity contribution is 6.03. The fourth-order valence-corrected chi connectivity index (χ4v) is 3.04. The highest BCUT2D eigenvalue weighted by Crippen LogP contribution is 2.38. The third-order valence-corrected chi connectivity index (χ3v) is 4.21. The molecule has 2 aromatic rings. The van der Waals surface area contributed by atoms with Gasteiger partial charge in [0.15, 0.2) is 0 Å². The number of hydrogen-bond acceptors (Lipinski definition) is 4. The molecule has 2 aromatic carbocycles. The van der Waals surface area contributed by atoms with Crippen LogP contribution in [0, 0.1) is 0 Å². The molecule has 1 atom stereocenters. The minimum atomic E-state index is -0.266. The van der Waals surface area contributed by atoms with Crippen molar-refractivity contribution in [3.63, 3.8) is 0 Å². The van der Waals surface area contributed by atoms with E-state index in [4.69, 9.17) is 9.47 Å². The molecule has 6 heteroatoms. The van der Waals surface area contributed by atoms with Crippen molar-refractivity contribution in [1.29, 1.82) is 0 Å². The zero-order valence-electron chi connectivity index (χ0n) is 16.2. The first-order valence-corrected chi connectivity index (χ1v) is 9.27. The van der Waals surface area contributed by atoms with E-state index >= 15 is 0 Å². The Labute approximate surface area is 164 Å². The third kappa shape index (κ3) is 4.91. The third-order valence-electron chi connectivity index (χ3n) is 4.21. The summed E-state index contributed by atoms with van der Waals surface area (Å²) in [6, 6.07) is 11.0. The van der Waals surface area contributed by atoms with Crippen LogP contribution in [0.1, 0.15) is 31.9 Å². The topological polar surface area (TPSA) is 76.7 Å². The van der Waals surface area contributed by atoms with Gasteiger partial charge in [0.2, 0.25) is 11.8 Å². The van der Waals surface area contributed by atoms with Gasteiger partial charge in [-0.1, -0.05) is 12.1 Å². The van der Waals surface area contributed by atoms with Crippen molar-refractivity contribution in [1.82, 2.24) is 0 Å². The Morgan fingerprint density at radius 1 is 1.21 bits per heavy atom. The van der Waals surface area contributed by atoms with Crippen LogP contribution >= 0.6 is 0 Å². The Morgan fingerprint density at radius 3 is 2.64 bits per heavy atom. The van der Waals surface area contributed by atoms with Crippen LogP contribution in [0.2, 0.25) is 0 Å². The second-order valence-corrected chi connectivity index (χ2v) is 6.65. The monoisotopic (exact) mass is 380 g/mol. The number of hydrogen-bond donors (Lipinski definition) is 2. The lowest BCUT2D eigenvalue weighted by atomic mass is 10.1. The zero-order chi connectivity index (χ0) is 20.1. The zero-order valence-corrected chi connectivity index (χ0v) is 16.2. The summed E-state index contributed by atoms with van der Waals surface area (Å²) in [5.41, 5.74) is 3.23. The smallest absolute Gasteiger partial charge is 0.248 e. The van der Waals surface area contributed by atoms with Crippen molar-refractivity contribution in [2.24, 2.45) is 0 Å². The minimum Gasteiger partial charge on any atom is -0.492 e. The molecule has 2 amide bonds. The van der Waals surface area contributed by atoms with Crippen LogP contribution in [0.25, 0.3) is 6.08 Å². The average Bonchev–Trinajstić information content (AvgIpc) is 3.00. The van der Waals surface area contributed by atoms with Gasteiger partial charge in [0.1, 0.15) is 17.6 Å². The molecule has 1 heterocycles. The van der Waals surface area contributed by atoms with Gasteiger partial charge in [-0.3, -0.25) is 9.59 Å². The normalized spacial score (nSPS) is 15.0. The van der Waals surface area contributed by atoms with E-state index in [0.29, 0.717) is 23.7 Å². The van der Waals surface area contributed by atoms with Crippen LogP contribution in [0.5, 0.6) is 11.5 Å². The lowest BCUT2D eigenvalue weighted by Crippen LogP contribution is -2.10. The van der Waals surface area contributed by atoms with Crippen LogP contribution in [0.3, 0.4) is 0 Å². The Balaban J connectivity index is 1.69. The van der Waals surface area contributed by atoms with E-state index in [9.17, 15) is 9.59 Å². The highest BCUT2D eigenvalue weighted by atomic mass is 16.5. The van der Waals surface area contributed by atoms with Gasteiger partial charge < -0.3 is 20.1 Å². The number of nitrogens with one attached hydrogen (secondary N) is 2. The van der Waals surface area contributed by atoms with Gasteiger partial charge in [-0.2, -0.15) is 0 Å². The van der Waals surface area contributed by atoms with Crippen molar-refractivity contribution in [2.45, 2.75) is 33.3 Å². The molecule has 0 aromatic heterocycles. The van der Waals surface area contributed by atoms with Gasteiger partial charge in [0.05, 0.1) is 12.3 Å². The average molecular weight is 380 g/mol. The Hall–Kier alpha value is -3.28. The Bertz CT molecular complexity index is 903. The van der Waals surface area contributed by atoms with E-state index < -0.39 is 0 Å². The quantitative estimate of drug-likeness (QED) is 0.742. The SMILES string of the molecule is CCOc1cc2c(cc1NC(=O)/C=C/c1ccc(NC(C)=O)cc1)OC(C)C2. The maximum Gasteiger partial charge on any atom is 0.248 e. The standard InChI is InChI=1S/C22H24N2O4/c1-4-27-21-12-17-11-14(2)28-20(17)13-19(21)24-22(26)10-7-16-5-8-18(9-6-16)23-15(3)25/h5-10,12-14H,4,11H2,1-3H3,(H,23,25)(H,24,26)/b10-7+. The molecule has 0 aliphatic carbocycles. The second-order valence-electron chi connectivity index (χ2n) is 6.65. The van der Waals surface area contributed by atoms with Crippen LogP contribution in [-0.2, 0) is 16.0 Å². The van der Waals surface area contributed by atoms with Crippen molar-refractivity contribution in [3.8, 4) is 11.5 Å². The summed E-state index contributed by atoms with van der Waals surface area (Å²) in [4.78, 5) is 23.4. The highest BCUT2D eigenvalue weighted by Gasteiger charge is 2.22. The molecule has 0 spiro atoms. The second kappa shape index (κ2) is 8.61. The van der Waals surface area contributed by atoms with Crippen LogP contribution in [-0.4, -0.2) is 24.5 Å². The molecular weight excluding hydrogens is 356 g/mol. The lowest BCUT2D eigenvalue weighted by molar-refractivity contribution is -0.114. The molecule has 2 N–H and O–H groups in total. The molecule has 146 valence electrons. The van der Waals surface area contributed by atoms with Gasteiger partial charge in [0.25, 0.3) is 0 Å². The molecule has 1 aliphatic heterocycles. The summed E-state index contributed by atoms with van der Waals surface area (Å²) in [5, 5.41) is 5.56. The van der Waals surface area contributed by atoms with Gasteiger partial charge in [-0.25, -0.2) is 0 Å². The van der Waals surface area contributed by atoms with E-state index in [1.165, 1.54) is 13.0 Å². The molecule has 0 bridgehead atoms. The summed E-state index contributed by atoms with van der Waals surface area (Å²) in [6.45, 7) is 5.88. The molecule has 0 radical (unpaired) electrons. The van der Waals surface area contributed by atoms with Crippen molar-refractivity contribution < 1.29 is 19.1 Å². The first-order chi connectivity index (χ1) is 13.4. The first kappa shape index (κ1) is 19.5. The predicted molar refractivity (Wildman–Crippen MR) is 110 cm³/mol. The fraction of sp³-hybridized carbons (Fsp3) is 0.273. The van der Waals surface area contributed by atoms with E-state index in [1.54, 1.807) is 18.2 Å². The van der Waals surface area contributed by atoms with Crippen molar-refractivity contribution in [3.05, 3.63) is 53.6 Å². The van der Waals surface area contributed by atoms with Crippen molar-refractivity contribution >= 4 is 29.3 Å². The first-order valence-electron chi connectivity index (χ1n) is 9.27. The van der Waals surface area contributed by atoms with Gasteiger partial charge in [0, 0.05) is 36.7 Å². The minimum absolute atomic E-state index is 0.121. The fourth-order valence-electron chi connectivity index (χ4n) is 3.04. The molecule has 0 saturated heterocycles. The molecule has 6 nitrogen and oxygen atoms in total. The van der Waals surface area contributed by atoms with Gasteiger partial charge >= 0.3 is 0 Å². The van der Waals surface area contributed by atoms with E-state index in [2.05, 4.69) is 10.6 Å². The maximum atomic E-state index is 12.4. The number of ether oxygens (including phenoxy) is 2. The number of amides is 2. The maximum absolute atomic E-state index is 12.4. The summed E-state index contributed by atoms with van der Waals surface area (Å²) in [7, 11) is 0. The van der Waals surface area contributed by atoms with Crippen LogP contribution in [0.4, 0.5) is 11.4 Å². The van der Waals surface area contributed by atoms with E-state index in [1.807, 2.05) is 38.1 Å². The van der Waals surface area contributed by atoms with Crippen molar-refractivity contribution in [2.75, 3.05) is 17.2 Å². The molecule has 1 aliphatic rings. The Kier molecular flexibility index (Phi) is 5.99. The molecule has 3 rings (SSSR count). The summed E-state index contributed by atoms with van der Waals surface area (Å²) >= 11 is 0. The molecule has 28 heavy (non-hydrogen) atoms. The van der Waals surface area contributed by atoms with Gasteiger partial charge in [-0.05, 0) is 43.7 Å². The number of carbonyl (C=O) groups is 2.